The fraction of sp³-hybridized carbons (Fsp3) is 0.167. The number of aromatic carboxylic acids is 2. The maximum Gasteiger partial charge on any atom is 0.337 e. The summed E-state index contributed by atoms with van der Waals surface area (Å²) in [5, 5.41) is 38.4. The highest BCUT2D eigenvalue weighted by atomic mass is 33.1. The number of imide groups is 2. The van der Waals surface area contributed by atoms with E-state index in [4.69, 9.17) is 0 Å². The largest absolute Gasteiger partial charge is 0.478 e. The van der Waals surface area contributed by atoms with Crippen molar-refractivity contribution in [2.24, 2.45) is 0 Å². The number of carboxylic acids is 2. The standard InChI is InChI=1S/C24H14N4O8S2/c25-9-15-13(23(33)34)5-11(7-17(15)27-19(29)1-2-20(27)30)37-38-12-6-14(24(35)36)16(10-26)18(8-12)28-21(31)3-4-22(28)32/h5-8H,1-4H2,(H,33,34)(H,35,36). The summed E-state index contributed by atoms with van der Waals surface area (Å²) in [6, 6.07) is 8.42. The zero-order valence-electron chi connectivity index (χ0n) is 19.1. The van der Waals surface area contributed by atoms with Crippen LogP contribution in [0.4, 0.5) is 11.4 Å². The molecule has 2 heterocycles. The van der Waals surface area contributed by atoms with Gasteiger partial charge in [0.25, 0.3) is 0 Å². The van der Waals surface area contributed by atoms with Gasteiger partial charge in [-0.1, -0.05) is 21.6 Å². The minimum atomic E-state index is -1.46. The summed E-state index contributed by atoms with van der Waals surface area (Å²) in [5.74, 6) is -5.26. The molecule has 2 aromatic rings. The number of hydrogen-bond acceptors (Lipinski definition) is 10. The van der Waals surface area contributed by atoms with E-state index in [-0.39, 0.29) is 58.0 Å². The van der Waals surface area contributed by atoms with Crippen molar-refractivity contribution in [3.05, 3.63) is 46.5 Å². The molecule has 2 N–H and O–H groups in total. The Labute approximate surface area is 221 Å². The third-order valence-corrected chi connectivity index (χ3v) is 8.03. The van der Waals surface area contributed by atoms with Crippen LogP contribution in [-0.4, -0.2) is 45.8 Å². The van der Waals surface area contributed by atoms with Gasteiger partial charge in [0.1, 0.15) is 12.1 Å². The van der Waals surface area contributed by atoms with Gasteiger partial charge in [-0.2, -0.15) is 10.5 Å². The minimum Gasteiger partial charge on any atom is -0.478 e. The Kier molecular flexibility index (Phi) is 7.21. The van der Waals surface area contributed by atoms with Gasteiger partial charge in [0.2, 0.25) is 23.6 Å². The number of carboxylic acid groups (broad SMARTS) is 2. The molecule has 0 spiro atoms. The second-order valence-corrected chi connectivity index (χ2v) is 10.3. The predicted octanol–water partition coefficient (Wildman–Crippen LogP) is 2.93. The van der Waals surface area contributed by atoms with E-state index < -0.39 is 46.7 Å². The summed E-state index contributed by atoms with van der Waals surface area (Å²) in [6.07, 6.45) is -0.341. The van der Waals surface area contributed by atoms with Crippen molar-refractivity contribution in [1.82, 2.24) is 0 Å². The molecule has 2 fully saturated rings. The Balaban J connectivity index is 1.77. The number of nitrogens with zero attached hydrogens (tertiary/aromatic N) is 4. The number of nitriles is 2. The number of carbonyl (C=O) groups excluding carboxylic acids is 4. The monoisotopic (exact) mass is 550 g/mol. The smallest absolute Gasteiger partial charge is 0.337 e. The highest BCUT2D eigenvalue weighted by Crippen LogP contribution is 2.43. The third-order valence-electron chi connectivity index (χ3n) is 5.69. The molecule has 12 nitrogen and oxygen atoms in total. The zero-order valence-corrected chi connectivity index (χ0v) is 20.7. The first kappa shape index (κ1) is 26.4. The number of carbonyl (C=O) groups is 6. The molecule has 0 saturated carbocycles. The third kappa shape index (κ3) is 4.70. The van der Waals surface area contributed by atoms with Gasteiger partial charge in [0, 0.05) is 35.5 Å². The summed E-state index contributed by atoms with van der Waals surface area (Å²) >= 11 is 0. The van der Waals surface area contributed by atoms with Crippen molar-refractivity contribution in [2.75, 3.05) is 9.80 Å². The quantitative estimate of drug-likeness (QED) is 0.378. The molecule has 4 amide bonds. The molecule has 0 aromatic heterocycles. The Morgan fingerprint density at radius 1 is 0.658 bits per heavy atom. The first-order valence-electron chi connectivity index (χ1n) is 10.8. The lowest BCUT2D eigenvalue weighted by Crippen LogP contribution is -2.30. The first-order valence-corrected chi connectivity index (χ1v) is 12.9. The van der Waals surface area contributed by atoms with Crippen molar-refractivity contribution in [2.45, 2.75) is 35.5 Å². The number of rotatable bonds is 7. The van der Waals surface area contributed by atoms with Crippen LogP contribution >= 0.6 is 21.6 Å². The van der Waals surface area contributed by atoms with Crippen LogP contribution < -0.4 is 9.80 Å². The lowest BCUT2D eigenvalue weighted by Gasteiger charge is -2.19. The molecule has 190 valence electrons. The molecule has 2 aromatic carbocycles. The predicted molar refractivity (Wildman–Crippen MR) is 131 cm³/mol. The molecule has 0 atom stereocenters. The average Bonchev–Trinajstić information content (AvgIpc) is 3.40. The van der Waals surface area contributed by atoms with Crippen molar-refractivity contribution in [1.29, 1.82) is 10.5 Å². The molecule has 0 bridgehead atoms. The molecule has 2 aliphatic rings. The van der Waals surface area contributed by atoms with Crippen LogP contribution in [0.2, 0.25) is 0 Å². The van der Waals surface area contributed by atoms with Gasteiger partial charge in [0.05, 0.1) is 33.6 Å². The van der Waals surface area contributed by atoms with E-state index >= 15 is 0 Å². The second kappa shape index (κ2) is 10.4. The average molecular weight is 551 g/mol. The van der Waals surface area contributed by atoms with Crippen LogP contribution in [-0.2, 0) is 19.2 Å². The van der Waals surface area contributed by atoms with Crippen LogP contribution in [0.3, 0.4) is 0 Å². The van der Waals surface area contributed by atoms with Crippen molar-refractivity contribution in [3.63, 3.8) is 0 Å². The van der Waals surface area contributed by atoms with Crippen LogP contribution in [0.1, 0.15) is 57.5 Å². The van der Waals surface area contributed by atoms with Gasteiger partial charge in [-0.25, -0.2) is 19.4 Å². The highest BCUT2D eigenvalue weighted by Gasteiger charge is 2.35. The molecule has 38 heavy (non-hydrogen) atoms. The van der Waals surface area contributed by atoms with E-state index in [2.05, 4.69) is 0 Å². The Morgan fingerprint density at radius 3 is 1.24 bits per heavy atom. The fourth-order valence-corrected chi connectivity index (χ4v) is 6.01. The van der Waals surface area contributed by atoms with E-state index in [0.29, 0.717) is 0 Å². The molecular weight excluding hydrogens is 536 g/mol. The summed E-state index contributed by atoms with van der Waals surface area (Å²) in [4.78, 5) is 74.9. The SMILES string of the molecule is N#Cc1c(C(=O)O)cc(SSc2cc(C(=O)O)c(C#N)c(N3C(=O)CCC3=O)c2)cc1N1C(=O)CCC1=O. The zero-order chi connectivity index (χ0) is 27.7. The van der Waals surface area contributed by atoms with Crippen molar-refractivity contribution >= 4 is 68.5 Å². The lowest BCUT2D eigenvalue weighted by atomic mass is 10.1. The summed E-state index contributed by atoms with van der Waals surface area (Å²) in [6.45, 7) is 0. The van der Waals surface area contributed by atoms with E-state index in [0.717, 1.165) is 31.4 Å². The van der Waals surface area contributed by atoms with E-state index in [1.165, 1.54) is 24.3 Å². The van der Waals surface area contributed by atoms with Gasteiger partial charge in [0.15, 0.2) is 0 Å². The highest BCUT2D eigenvalue weighted by molar-refractivity contribution is 8.76. The molecule has 2 aliphatic heterocycles. The fourth-order valence-electron chi connectivity index (χ4n) is 4.01. The van der Waals surface area contributed by atoms with Gasteiger partial charge in [-0.05, 0) is 24.3 Å². The van der Waals surface area contributed by atoms with Crippen LogP contribution in [0, 0.1) is 22.7 Å². The second-order valence-electron chi connectivity index (χ2n) is 7.98. The van der Waals surface area contributed by atoms with Crippen LogP contribution in [0.25, 0.3) is 0 Å². The maximum atomic E-state index is 12.3. The molecule has 0 unspecified atom stereocenters. The summed E-state index contributed by atoms with van der Waals surface area (Å²) in [5.41, 5.74) is -1.97. The Hall–Kier alpha value is -4.66. The first-order chi connectivity index (χ1) is 18.1. The normalized spacial score (nSPS) is 15.1. The number of hydrogen-bond donors (Lipinski definition) is 2. The Bertz CT molecular complexity index is 1410. The van der Waals surface area contributed by atoms with Crippen molar-refractivity contribution < 1.29 is 39.0 Å². The van der Waals surface area contributed by atoms with Gasteiger partial charge in [-0.15, -0.1) is 0 Å². The van der Waals surface area contributed by atoms with Crippen molar-refractivity contribution in [3.8, 4) is 12.1 Å². The number of benzene rings is 2. The molecule has 0 radical (unpaired) electrons. The number of amides is 4. The molecule has 2 saturated heterocycles. The molecule has 14 heteroatoms. The Morgan fingerprint density at radius 2 is 0.974 bits per heavy atom. The summed E-state index contributed by atoms with van der Waals surface area (Å²) < 4.78 is 0. The van der Waals surface area contributed by atoms with Gasteiger partial charge in [-0.3, -0.25) is 19.2 Å². The van der Waals surface area contributed by atoms with E-state index in [1.54, 1.807) is 12.1 Å². The minimum absolute atomic E-state index is 0.0852. The van der Waals surface area contributed by atoms with Gasteiger partial charge >= 0.3 is 11.9 Å². The molecule has 0 aliphatic carbocycles. The number of anilines is 2. The molecular formula is C24H14N4O8S2. The van der Waals surface area contributed by atoms with Gasteiger partial charge < -0.3 is 10.2 Å². The molecule has 4 rings (SSSR count). The maximum absolute atomic E-state index is 12.3. The lowest BCUT2D eigenvalue weighted by molar-refractivity contribution is -0.122. The van der Waals surface area contributed by atoms with E-state index in [9.17, 15) is 49.5 Å². The summed E-state index contributed by atoms with van der Waals surface area (Å²) in [7, 11) is 1.83. The van der Waals surface area contributed by atoms with Crippen LogP contribution in [0.15, 0.2) is 34.1 Å². The van der Waals surface area contributed by atoms with Crippen LogP contribution in [0.5, 0.6) is 0 Å². The topological polar surface area (TPSA) is 197 Å². The van der Waals surface area contributed by atoms with E-state index in [1.807, 2.05) is 0 Å².